The summed E-state index contributed by atoms with van der Waals surface area (Å²) in [4.78, 5) is 0. The molecule has 0 aliphatic heterocycles. The van der Waals surface area contributed by atoms with Gasteiger partial charge in [-0.05, 0) is 25.3 Å². The van der Waals surface area contributed by atoms with Crippen molar-refractivity contribution in [3.8, 4) is 0 Å². The van der Waals surface area contributed by atoms with E-state index in [1.165, 1.54) is 0 Å². The monoisotopic (exact) mass is 201 g/mol. The quantitative estimate of drug-likeness (QED) is 0.466. The highest BCUT2D eigenvalue weighted by molar-refractivity contribution is 7.98. The average molecular weight is 201 g/mol. The first-order valence-electron chi connectivity index (χ1n) is 4.26. The molecule has 5 heteroatoms. The van der Waals surface area contributed by atoms with Crippen LogP contribution < -0.4 is 5.32 Å². The van der Waals surface area contributed by atoms with Crippen LogP contribution in [0.25, 0.3) is 0 Å². The minimum Gasteiger partial charge on any atom is -0.396 e. The molecule has 74 valence electrons. The number of aromatic amines is 1. The molecule has 4 nitrogen and oxygen atoms in total. The summed E-state index contributed by atoms with van der Waals surface area (Å²) in [5.41, 5.74) is 1.09. The maximum Gasteiger partial charge on any atom is 0.118 e. The van der Waals surface area contributed by atoms with Gasteiger partial charge in [-0.25, -0.2) is 0 Å². The summed E-state index contributed by atoms with van der Waals surface area (Å²) in [6.45, 7) is 1.86. The van der Waals surface area contributed by atoms with E-state index < -0.39 is 0 Å². The van der Waals surface area contributed by atoms with E-state index in [0.29, 0.717) is 0 Å². The maximum atomic E-state index is 8.54. The topological polar surface area (TPSA) is 60.9 Å². The Hall–Kier alpha value is -0.520. The van der Waals surface area contributed by atoms with Gasteiger partial charge >= 0.3 is 0 Å². The molecule has 0 aromatic carbocycles. The van der Waals surface area contributed by atoms with Crippen molar-refractivity contribution in [3.05, 3.63) is 11.8 Å². The van der Waals surface area contributed by atoms with Gasteiger partial charge in [-0.1, -0.05) is 0 Å². The van der Waals surface area contributed by atoms with E-state index in [2.05, 4.69) is 15.5 Å². The number of hydrogen-bond donors (Lipinski definition) is 3. The predicted octanol–water partition coefficient (Wildman–Crippen LogP) is 0.604. The van der Waals surface area contributed by atoms with Crippen molar-refractivity contribution >= 4 is 11.8 Å². The number of aliphatic hydroxyl groups is 1. The van der Waals surface area contributed by atoms with Crippen LogP contribution in [0.2, 0.25) is 0 Å². The first-order valence-corrected chi connectivity index (χ1v) is 5.49. The van der Waals surface area contributed by atoms with Gasteiger partial charge in [-0.2, -0.15) is 5.10 Å². The molecule has 0 aliphatic carbocycles. The van der Waals surface area contributed by atoms with Crippen LogP contribution in [0.1, 0.15) is 12.1 Å². The van der Waals surface area contributed by atoms with E-state index in [0.717, 1.165) is 30.2 Å². The van der Waals surface area contributed by atoms with Crippen LogP contribution in [0.4, 0.5) is 0 Å². The second-order valence-corrected chi connectivity index (χ2v) is 3.52. The van der Waals surface area contributed by atoms with Crippen LogP contribution in [-0.4, -0.2) is 34.7 Å². The van der Waals surface area contributed by atoms with Gasteiger partial charge in [0, 0.05) is 13.2 Å². The molecule has 1 rings (SSSR count). The van der Waals surface area contributed by atoms with Crippen LogP contribution in [0.3, 0.4) is 0 Å². The van der Waals surface area contributed by atoms with Gasteiger partial charge in [0.05, 0.1) is 5.69 Å². The van der Waals surface area contributed by atoms with Crippen molar-refractivity contribution in [1.82, 2.24) is 15.5 Å². The van der Waals surface area contributed by atoms with E-state index in [1.807, 2.05) is 12.3 Å². The lowest BCUT2D eigenvalue weighted by atomic mass is 10.4. The molecule has 1 heterocycles. The van der Waals surface area contributed by atoms with E-state index in [1.54, 1.807) is 11.8 Å². The number of H-pyrrole nitrogens is 1. The lowest BCUT2D eigenvalue weighted by Crippen LogP contribution is -2.15. The van der Waals surface area contributed by atoms with Crippen molar-refractivity contribution in [1.29, 1.82) is 0 Å². The third-order valence-electron chi connectivity index (χ3n) is 1.64. The number of nitrogens with one attached hydrogen (secondary N) is 2. The standard InChI is InChI=1S/C8H15N3OS/c1-13-8-5-7(10-11-8)6-9-3-2-4-12/h5,9,12H,2-4,6H2,1H3,(H,10,11). The van der Waals surface area contributed by atoms with E-state index >= 15 is 0 Å². The van der Waals surface area contributed by atoms with Gasteiger partial charge in [0.1, 0.15) is 5.03 Å². The Kier molecular flexibility index (Phi) is 4.88. The number of aliphatic hydroxyl groups excluding tert-OH is 1. The second kappa shape index (κ2) is 6.01. The molecule has 0 aliphatic rings. The first-order chi connectivity index (χ1) is 6.36. The number of hydrogen-bond acceptors (Lipinski definition) is 4. The Morgan fingerprint density at radius 3 is 3.15 bits per heavy atom. The molecule has 0 bridgehead atoms. The summed E-state index contributed by atoms with van der Waals surface area (Å²) in [5.74, 6) is 0. The number of nitrogens with zero attached hydrogens (tertiary/aromatic N) is 1. The van der Waals surface area contributed by atoms with Crippen LogP contribution >= 0.6 is 11.8 Å². The van der Waals surface area contributed by atoms with Crippen molar-refractivity contribution < 1.29 is 5.11 Å². The minimum absolute atomic E-state index is 0.242. The molecule has 0 unspecified atom stereocenters. The number of rotatable bonds is 6. The molecule has 1 aromatic rings. The summed E-state index contributed by atoms with van der Waals surface area (Å²) in [5, 5.41) is 19.8. The highest BCUT2D eigenvalue weighted by atomic mass is 32.2. The van der Waals surface area contributed by atoms with Gasteiger partial charge in [-0.3, -0.25) is 5.10 Å². The Labute approximate surface area is 82.1 Å². The SMILES string of the molecule is CSc1cc(CNCCCO)[nH]n1. The maximum absolute atomic E-state index is 8.54. The number of thioether (sulfide) groups is 1. The molecule has 1 aromatic heterocycles. The van der Waals surface area contributed by atoms with Gasteiger partial charge in [-0.15, -0.1) is 11.8 Å². The normalized spacial score (nSPS) is 10.6. The highest BCUT2D eigenvalue weighted by Crippen LogP contribution is 2.11. The summed E-state index contributed by atoms with van der Waals surface area (Å²) in [6, 6.07) is 2.02. The number of aromatic nitrogens is 2. The molecule has 0 saturated heterocycles. The molecule has 0 spiro atoms. The van der Waals surface area contributed by atoms with Gasteiger partial charge in [0.15, 0.2) is 0 Å². The first kappa shape index (κ1) is 10.6. The molecule has 0 atom stereocenters. The van der Waals surface area contributed by atoms with Crippen LogP contribution in [0.15, 0.2) is 11.1 Å². The fourth-order valence-electron chi connectivity index (χ4n) is 0.963. The Morgan fingerprint density at radius 1 is 1.69 bits per heavy atom. The molecule has 3 N–H and O–H groups in total. The van der Waals surface area contributed by atoms with E-state index in [4.69, 9.17) is 5.11 Å². The third-order valence-corrected chi connectivity index (χ3v) is 2.27. The highest BCUT2D eigenvalue weighted by Gasteiger charge is 1.98. The van der Waals surface area contributed by atoms with Gasteiger partial charge in [0.25, 0.3) is 0 Å². The Balaban J connectivity index is 2.20. The summed E-state index contributed by atoms with van der Waals surface area (Å²) < 4.78 is 0. The molecule has 13 heavy (non-hydrogen) atoms. The predicted molar refractivity (Wildman–Crippen MR) is 53.8 cm³/mol. The van der Waals surface area contributed by atoms with Gasteiger partial charge in [0.2, 0.25) is 0 Å². The fourth-order valence-corrected chi connectivity index (χ4v) is 1.36. The van der Waals surface area contributed by atoms with Crippen molar-refractivity contribution in [2.45, 2.75) is 18.0 Å². The lowest BCUT2D eigenvalue weighted by molar-refractivity contribution is 0.286. The fraction of sp³-hybridized carbons (Fsp3) is 0.625. The minimum atomic E-state index is 0.242. The lowest BCUT2D eigenvalue weighted by Gasteiger charge is -1.99. The van der Waals surface area contributed by atoms with Gasteiger partial charge < -0.3 is 10.4 Å². The largest absolute Gasteiger partial charge is 0.396 e. The van der Waals surface area contributed by atoms with E-state index in [-0.39, 0.29) is 6.61 Å². The van der Waals surface area contributed by atoms with Crippen LogP contribution in [0, 0.1) is 0 Å². The van der Waals surface area contributed by atoms with Crippen LogP contribution in [0.5, 0.6) is 0 Å². The summed E-state index contributed by atoms with van der Waals surface area (Å²) in [6.07, 6.45) is 2.79. The second-order valence-electron chi connectivity index (χ2n) is 2.69. The Bertz CT molecular complexity index is 239. The zero-order chi connectivity index (χ0) is 9.52. The zero-order valence-electron chi connectivity index (χ0n) is 7.71. The molecule has 0 saturated carbocycles. The summed E-state index contributed by atoms with van der Waals surface area (Å²) in [7, 11) is 0. The molecular formula is C8H15N3OS. The zero-order valence-corrected chi connectivity index (χ0v) is 8.52. The molecule has 0 radical (unpaired) electrons. The molecule has 0 fully saturated rings. The third kappa shape index (κ3) is 3.80. The molecular weight excluding hydrogens is 186 g/mol. The smallest absolute Gasteiger partial charge is 0.118 e. The van der Waals surface area contributed by atoms with Crippen molar-refractivity contribution in [2.75, 3.05) is 19.4 Å². The van der Waals surface area contributed by atoms with Crippen LogP contribution in [-0.2, 0) is 6.54 Å². The summed E-state index contributed by atoms with van der Waals surface area (Å²) >= 11 is 1.62. The average Bonchev–Trinajstić information content (AvgIpc) is 2.60. The Morgan fingerprint density at radius 2 is 2.54 bits per heavy atom. The van der Waals surface area contributed by atoms with E-state index in [9.17, 15) is 0 Å². The van der Waals surface area contributed by atoms with Crippen molar-refractivity contribution in [2.24, 2.45) is 0 Å². The molecule has 0 amide bonds. The van der Waals surface area contributed by atoms with Crippen molar-refractivity contribution in [3.63, 3.8) is 0 Å².